The molecular formula is C17H24N2O2Si. The maximum absolute atomic E-state index is 12.1. The zero-order valence-corrected chi connectivity index (χ0v) is 14.8. The molecule has 0 spiro atoms. The van der Waals surface area contributed by atoms with Crippen LogP contribution >= 0.6 is 0 Å². The van der Waals surface area contributed by atoms with Crippen molar-refractivity contribution in [3.63, 3.8) is 0 Å². The first-order valence-electron chi connectivity index (χ1n) is 7.76. The zero-order chi connectivity index (χ0) is 16.3. The molecule has 0 bridgehead atoms. The summed E-state index contributed by atoms with van der Waals surface area (Å²) in [7, 11) is -1.77. The van der Waals surface area contributed by atoms with Gasteiger partial charge in [0.05, 0.1) is 5.71 Å². The lowest BCUT2D eigenvalue weighted by Crippen LogP contribution is -2.45. The first-order valence-corrected chi connectivity index (χ1v) is 11.2. The number of para-hydroxylation sites is 1. The molecule has 5 heteroatoms. The molecule has 2 rings (SSSR count). The van der Waals surface area contributed by atoms with E-state index in [4.69, 9.17) is 5.10 Å². The summed E-state index contributed by atoms with van der Waals surface area (Å²) in [6.45, 7) is 8.11. The number of hydrazone groups is 1. The summed E-state index contributed by atoms with van der Waals surface area (Å²) in [6.07, 6.45) is 2.00. The normalized spacial score (nSPS) is 21.0. The van der Waals surface area contributed by atoms with Crippen molar-refractivity contribution in [1.82, 2.24) is 0 Å². The van der Waals surface area contributed by atoms with E-state index in [0.29, 0.717) is 6.42 Å². The number of hydrogen-bond acceptors (Lipinski definition) is 4. The minimum absolute atomic E-state index is 0.0149. The van der Waals surface area contributed by atoms with Crippen LogP contribution in [0.5, 0.6) is 0 Å². The van der Waals surface area contributed by atoms with Gasteiger partial charge in [-0.2, -0.15) is 5.10 Å². The number of ketones is 2. The number of nitrogens with zero attached hydrogens (tertiary/aromatic N) is 2. The number of rotatable bonds is 4. The van der Waals surface area contributed by atoms with Gasteiger partial charge in [0.1, 0.15) is 17.5 Å². The van der Waals surface area contributed by atoms with E-state index in [1.54, 1.807) is 0 Å². The summed E-state index contributed by atoms with van der Waals surface area (Å²) in [6, 6.07) is 9.99. The fraction of sp³-hybridized carbons (Fsp3) is 0.471. The molecule has 0 N–H and O–H groups in total. The summed E-state index contributed by atoms with van der Waals surface area (Å²) >= 11 is 0. The summed E-state index contributed by atoms with van der Waals surface area (Å²) in [5.41, 5.74) is 1.75. The Labute approximate surface area is 133 Å². The predicted molar refractivity (Wildman–Crippen MR) is 92.7 cm³/mol. The Kier molecular flexibility index (Phi) is 4.96. The van der Waals surface area contributed by atoms with E-state index in [0.717, 1.165) is 24.2 Å². The van der Waals surface area contributed by atoms with E-state index in [2.05, 4.69) is 24.3 Å². The average molecular weight is 316 g/mol. The Bertz CT molecular complexity index is 590. The lowest BCUT2D eigenvalue weighted by molar-refractivity contribution is -0.129. The molecule has 1 saturated carbocycles. The third-order valence-corrected chi connectivity index (χ3v) is 5.41. The lowest BCUT2D eigenvalue weighted by Gasteiger charge is -2.34. The van der Waals surface area contributed by atoms with Crippen LogP contribution in [-0.2, 0) is 9.59 Å². The Balaban J connectivity index is 2.44. The Morgan fingerprint density at radius 2 is 1.82 bits per heavy atom. The standard InChI is InChI=1S/C17H24N2O2Si/c1-13(20)17-15(11-8-12-16(17)21)18-19(22(2,3)4)14-9-6-5-7-10-14/h5-7,9-10,17H,8,11-12H2,1-4H3. The summed E-state index contributed by atoms with van der Waals surface area (Å²) in [4.78, 5) is 24.0. The third kappa shape index (κ3) is 3.71. The SMILES string of the molecule is CC(=O)C1C(=O)CCCC1=NN(c1ccccc1)[Si](C)(C)C. The molecule has 1 aromatic carbocycles. The van der Waals surface area contributed by atoms with Crippen LogP contribution in [0.3, 0.4) is 0 Å². The van der Waals surface area contributed by atoms with Crippen LogP contribution in [0.25, 0.3) is 0 Å². The average Bonchev–Trinajstić information content (AvgIpc) is 2.44. The van der Waals surface area contributed by atoms with E-state index in [1.165, 1.54) is 6.92 Å². The number of carbonyl (C=O) groups is 2. The minimum atomic E-state index is -1.77. The summed E-state index contributed by atoms with van der Waals surface area (Å²) in [5, 5.41) is 4.80. The van der Waals surface area contributed by atoms with Gasteiger partial charge in [-0.05, 0) is 51.5 Å². The Morgan fingerprint density at radius 1 is 1.18 bits per heavy atom. The number of anilines is 1. The molecule has 0 aromatic heterocycles. The molecule has 0 saturated heterocycles. The molecule has 1 aromatic rings. The number of hydrogen-bond donors (Lipinski definition) is 0. The highest BCUT2D eigenvalue weighted by atomic mass is 28.3. The molecule has 0 aliphatic heterocycles. The maximum Gasteiger partial charge on any atom is 0.176 e. The fourth-order valence-corrected chi connectivity index (χ4v) is 4.13. The van der Waals surface area contributed by atoms with Gasteiger partial charge in [-0.25, -0.2) is 0 Å². The van der Waals surface area contributed by atoms with Crippen LogP contribution in [0.15, 0.2) is 35.4 Å². The van der Waals surface area contributed by atoms with Gasteiger partial charge in [-0.15, -0.1) is 0 Å². The van der Waals surface area contributed by atoms with Gasteiger partial charge in [-0.3, -0.25) is 14.3 Å². The van der Waals surface area contributed by atoms with E-state index in [1.807, 2.05) is 30.3 Å². The maximum atomic E-state index is 12.1. The van der Waals surface area contributed by atoms with Gasteiger partial charge in [0, 0.05) is 12.1 Å². The van der Waals surface area contributed by atoms with E-state index >= 15 is 0 Å². The predicted octanol–water partition coefficient (Wildman–Crippen LogP) is 3.64. The second-order valence-corrected chi connectivity index (χ2v) is 11.5. The van der Waals surface area contributed by atoms with Gasteiger partial charge >= 0.3 is 0 Å². The van der Waals surface area contributed by atoms with E-state index in [9.17, 15) is 9.59 Å². The van der Waals surface area contributed by atoms with Crippen molar-refractivity contribution in [3.8, 4) is 0 Å². The van der Waals surface area contributed by atoms with Crippen LogP contribution in [0.2, 0.25) is 19.6 Å². The number of carbonyl (C=O) groups excluding carboxylic acids is 2. The highest BCUT2D eigenvalue weighted by Gasteiger charge is 2.34. The minimum Gasteiger partial charge on any atom is -0.299 e. The fourth-order valence-electron chi connectivity index (χ4n) is 2.78. The molecule has 1 unspecified atom stereocenters. The first kappa shape index (κ1) is 16.6. The molecule has 22 heavy (non-hydrogen) atoms. The second-order valence-electron chi connectivity index (χ2n) is 6.77. The van der Waals surface area contributed by atoms with Gasteiger partial charge in [-0.1, -0.05) is 18.2 Å². The lowest BCUT2D eigenvalue weighted by atomic mass is 9.84. The van der Waals surface area contributed by atoms with Gasteiger partial charge in [0.2, 0.25) is 0 Å². The largest absolute Gasteiger partial charge is 0.299 e. The van der Waals surface area contributed by atoms with Crippen molar-refractivity contribution in [1.29, 1.82) is 0 Å². The molecular weight excluding hydrogens is 292 g/mol. The molecule has 0 radical (unpaired) electrons. The first-order chi connectivity index (χ1) is 10.3. The van der Waals surface area contributed by atoms with Crippen LogP contribution < -0.4 is 4.67 Å². The topological polar surface area (TPSA) is 49.7 Å². The summed E-state index contributed by atoms with van der Waals surface area (Å²) in [5.74, 6) is -0.718. The number of benzene rings is 1. The van der Waals surface area contributed by atoms with Crippen molar-refractivity contribution in [3.05, 3.63) is 30.3 Å². The second kappa shape index (κ2) is 6.56. The summed E-state index contributed by atoms with van der Waals surface area (Å²) < 4.78 is 2.05. The zero-order valence-electron chi connectivity index (χ0n) is 13.8. The van der Waals surface area contributed by atoms with E-state index < -0.39 is 14.2 Å². The molecule has 1 aliphatic rings. The molecule has 0 heterocycles. The van der Waals surface area contributed by atoms with Crippen LogP contribution in [0, 0.1) is 5.92 Å². The quantitative estimate of drug-likeness (QED) is 0.484. The van der Waals surface area contributed by atoms with Gasteiger partial charge in [0.25, 0.3) is 0 Å². The molecule has 1 atom stereocenters. The van der Waals surface area contributed by atoms with Crippen LogP contribution in [0.1, 0.15) is 26.2 Å². The Morgan fingerprint density at radius 3 is 2.36 bits per heavy atom. The Hall–Kier alpha value is -1.75. The van der Waals surface area contributed by atoms with Crippen molar-refractivity contribution < 1.29 is 9.59 Å². The van der Waals surface area contributed by atoms with Crippen molar-refractivity contribution in [2.45, 2.75) is 45.8 Å². The number of Topliss-reactive ketones (excluding diaryl/α,β-unsaturated/α-hetero) is 2. The molecule has 118 valence electrons. The van der Waals surface area contributed by atoms with Crippen molar-refractivity contribution >= 4 is 31.2 Å². The highest BCUT2D eigenvalue weighted by Crippen LogP contribution is 2.26. The van der Waals surface area contributed by atoms with Crippen LogP contribution in [-0.4, -0.2) is 25.5 Å². The van der Waals surface area contributed by atoms with Gasteiger partial charge < -0.3 is 0 Å². The molecule has 4 nitrogen and oxygen atoms in total. The smallest absolute Gasteiger partial charge is 0.176 e. The molecule has 1 aliphatic carbocycles. The van der Waals surface area contributed by atoms with Crippen molar-refractivity contribution in [2.75, 3.05) is 4.67 Å². The molecule has 0 amide bonds. The van der Waals surface area contributed by atoms with Crippen molar-refractivity contribution in [2.24, 2.45) is 11.0 Å². The van der Waals surface area contributed by atoms with Gasteiger partial charge in [0.15, 0.2) is 8.24 Å². The third-order valence-electron chi connectivity index (χ3n) is 3.78. The highest BCUT2D eigenvalue weighted by molar-refractivity contribution is 6.79. The monoisotopic (exact) mass is 316 g/mol. The van der Waals surface area contributed by atoms with Crippen LogP contribution in [0.4, 0.5) is 5.69 Å². The van der Waals surface area contributed by atoms with E-state index in [-0.39, 0.29) is 11.6 Å². The molecule has 1 fully saturated rings.